The number of nitrogens with one attached hydrogen (secondary N) is 1. The van der Waals surface area contributed by atoms with Gasteiger partial charge in [0.05, 0.1) is 0 Å². The highest BCUT2D eigenvalue weighted by molar-refractivity contribution is 6.30. The molecule has 28 heavy (non-hydrogen) atoms. The summed E-state index contributed by atoms with van der Waals surface area (Å²) >= 11 is 5.94. The van der Waals surface area contributed by atoms with Gasteiger partial charge in [-0.2, -0.15) is 5.10 Å². The zero-order valence-corrected chi connectivity index (χ0v) is 17.0. The average Bonchev–Trinajstić information content (AvgIpc) is 2.70. The Hall–Kier alpha value is -2.18. The minimum absolute atomic E-state index is 0.131. The minimum atomic E-state index is -0.207. The number of nitrogens with zero attached hydrogens (tertiary/aromatic N) is 3. The minimum Gasteiger partial charge on any atom is -0.348 e. The second kappa shape index (κ2) is 9.85. The number of benzene rings is 1. The molecule has 1 aromatic heterocycles. The number of aryl methyl sites for hydroxylation is 1. The Morgan fingerprint density at radius 2 is 1.89 bits per heavy atom. The van der Waals surface area contributed by atoms with Gasteiger partial charge in [0.25, 0.3) is 11.5 Å². The quantitative estimate of drug-likeness (QED) is 0.772. The molecule has 0 radical (unpaired) electrons. The van der Waals surface area contributed by atoms with Gasteiger partial charge in [0.15, 0.2) is 0 Å². The molecule has 7 heteroatoms. The largest absolute Gasteiger partial charge is 0.348 e. The molecule has 6 nitrogen and oxygen atoms in total. The van der Waals surface area contributed by atoms with Crippen LogP contribution in [0.3, 0.4) is 0 Å². The van der Waals surface area contributed by atoms with Crippen LogP contribution in [0.1, 0.15) is 48.7 Å². The van der Waals surface area contributed by atoms with Crippen molar-refractivity contribution in [1.29, 1.82) is 0 Å². The fraction of sp³-hybridized carbons (Fsp3) is 0.476. The molecule has 1 saturated heterocycles. The van der Waals surface area contributed by atoms with Crippen LogP contribution in [0.15, 0.2) is 41.2 Å². The van der Waals surface area contributed by atoms with E-state index in [2.05, 4.69) is 34.4 Å². The van der Waals surface area contributed by atoms with Gasteiger partial charge in [-0.15, -0.1) is 0 Å². The molecule has 1 aromatic carbocycles. The first-order chi connectivity index (χ1) is 13.5. The summed E-state index contributed by atoms with van der Waals surface area (Å²) in [5, 5.41) is 8.04. The number of unbranched alkanes of at least 4 members (excludes halogenated alkanes) is 1. The summed E-state index contributed by atoms with van der Waals surface area (Å²) in [5.74, 6) is -0.207. The van der Waals surface area contributed by atoms with E-state index >= 15 is 0 Å². The molecule has 0 bridgehead atoms. The van der Waals surface area contributed by atoms with Crippen LogP contribution in [0.4, 0.5) is 0 Å². The number of carbonyl (C=O) groups excluding carboxylic acids is 1. The number of rotatable bonds is 7. The number of likely N-dealkylation sites (tertiary alicyclic amines) is 1. The molecule has 0 aliphatic carbocycles. The second-order valence-electron chi connectivity index (χ2n) is 7.28. The van der Waals surface area contributed by atoms with Crippen LogP contribution in [0.2, 0.25) is 5.02 Å². The summed E-state index contributed by atoms with van der Waals surface area (Å²) in [4.78, 5) is 26.8. The van der Waals surface area contributed by atoms with Crippen molar-refractivity contribution in [3.8, 4) is 0 Å². The Bertz CT molecular complexity index is 842. The maximum Gasteiger partial charge on any atom is 0.271 e. The molecule has 0 atom stereocenters. The first-order valence-electron chi connectivity index (χ1n) is 9.91. The van der Waals surface area contributed by atoms with Crippen LogP contribution in [0.25, 0.3) is 0 Å². The Morgan fingerprint density at radius 3 is 2.57 bits per heavy atom. The maximum atomic E-state index is 12.5. The smallest absolute Gasteiger partial charge is 0.271 e. The number of hydrogen-bond donors (Lipinski definition) is 1. The lowest BCUT2D eigenvalue weighted by molar-refractivity contribution is 0.0901. The van der Waals surface area contributed by atoms with Crippen molar-refractivity contribution in [2.45, 2.75) is 51.7 Å². The standard InChI is InChI=1S/C21H27ClN4O2/c1-2-3-12-26-20(27)9-8-19(24-26)21(28)23-18-10-13-25(14-11-18)15-16-4-6-17(22)7-5-16/h4-9,18H,2-3,10-15H2,1H3,(H,23,28). The van der Waals surface area contributed by atoms with Crippen molar-refractivity contribution >= 4 is 17.5 Å². The molecular formula is C21H27ClN4O2. The number of amides is 1. The van der Waals surface area contributed by atoms with Crippen LogP contribution in [-0.2, 0) is 13.1 Å². The Morgan fingerprint density at radius 1 is 1.18 bits per heavy atom. The van der Waals surface area contributed by atoms with Crippen molar-refractivity contribution in [3.05, 3.63) is 63.0 Å². The van der Waals surface area contributed by atoms with Gasteiger partial charge in [-0.05, 0) is 43.0 Å². The van der Waals surface area contributed by atoms with Gasteiger partial charge in [-0.3, -0.25) is 14.5 Å². The first-order valence-corrected chi connectivity index (χ1v) is 10.3. The fourth-order valence-electron chi connectivity index (χ4n) is 3.38. The third-order valence-corrected chi connectivity index (χ3v) is 5.32. The number of piperidine rings is 1. The number of aromatic nitrogens is 2. The first kappa shape index (κ1) is 20.6. The van der Waals surface area contributed by atoms with E-state index < -0.39 is 0 Å². The Labute approximate surface area is 170 Å². The van der Waals surface area contributed by atoms with Crippen molar-refractivity contribution in [2.75, 3.05) is 13.1 Å². The highest BCUT2D eigenvalue weighted by Crippen LogP contribution is 2.16. The molecule has 150 valence electrons. The topological polar surface area (TPSA) is 67.2 Å². The monoisotopic (exact) mass is 402 g/mol. The zero-order valence-electron chi connectivity index (χ0n) is 16.2. The Balaban J connectivity index is 1.51. The normalized spacial score (nSPS) is 15.5. The van der Waals surface area contributed by atoms with Gasteiger partial charge in [0.1, 0.15) is 5.69 Å². The summed E-state index contributed by atoms with van der Waals surface area (Å²) in [6.45, 7) is 5.34. The molecule has 1 aliphatic rings. The lowest BCUT2D eigenvalue weighted by atomic mass is 10.0. The summed E-state index contributed by atoms with van der Waals surface area (Å²) in [5.41, 5.74) is 1.38. The molecule has 1 aliphatic heterocycles. The number of halogens is 1. The number of carbonyl (C=O) groups is 1. The molecule has 1 N–H and O–H groups in total. The van der Waals surface area contributed by atoms with Crippen molar-refractivity contribution in [1.82, 2.24) is 20.0 Å². The molecule has 1 amide bonds. The Kier molecular flexibility index (Phi) is 7.23. The highest BCUT2D eigenvalue weighted by Gasteiger charge is 2.22. The van der Waals surface area contributed by atoms with E-state index in [0.717, 1.165) is 50.3 Å². The molecule has 2 heterocycles. The molecule has 0 unspecified atom stereocenters. The van der Waals surface area contributed by atoms with Crippen molar-refractivity contribution in [3.63, 3.8) is 0 Å². The van der Waals surface area contributed by atoms with Crippen LogP contribution < -0.4 is 10.9 Å². The second-order valence-corrected chi connectivity index (χ2v) is 7.72. The molecule has 1 fully saturated rings. The van der Waals surface area contributed by atoms with Crippen LogP contribution >= 0.6 is 11.6 Å². The van der Waals surface area contributed by atoms with E-state index in [1.54, 1.807) is 0 Å². The predicted molar refractivity (Wildman–Crippen MR) is 111 cm³/mol. The van der Waals surface area contributed by atoms with Crippen molar-refractivity contribution in [2.24, 2.45) is 0 Å². The van der Waals surface area contributed by atoms with Gasteiger partial charge < -0.3 is 5.32 Å². The van der Waals surface area contributed by atoms with Crippen LogP contribution in [0, 0.1) is 0 Å². The zero-order chi connectivity index (χ0) is 19.9. The molecule has 0 saturated carbocycles. The number of hydrogen-bond acceptors (Lipinski definition) is 4. The van der Waals surface area contributed by atoms with E-state index in [1.165, 1.54) is 22.4 Å². The fourth-order valence-corrected chi connectivity index (χ4v) is 3.51. The van der Waals surface area contributed by atoms with E-state index in [0.29, 0.717) is 12.2 Å². The summed E-state index contributed by atoms with van der Waals surface area (Å²) in [6.07, 6.45) is 3.63. The predicted octanol–water partition coefficient (Wildman–Crippen LogP) is 3.09. The lowest BCUT2D eigenvalue weighted by Crippen LogP contribution is -2.44. The summed E-state index contributed by atoms with van der Waals surface area (Å²) in [7, 11) is 0. The lowest BCUT2D eigenvalue weighted by Gasteiger charge is -2.32. The molecule has 3 rings (SSSR count). The van der Waals surface area contributed by atoms with Gasteiger partial charge in [-0.1, -0.05) is 37.1 Å². The maximum absolute atomic E-state index is 12.5. The van der Waals surface area contributed by atoms with Gasteiger partial charge >= 0.3 is 0 Å². The van der Waals surface area contributed by atoms with Crippen LogP contribution in [0.5, 0.6) is 0 Å². The third-order valence-electron chi connectivity index (χ3n) is 5.06. The van der Waals surface area contributed by atoms with E-state index in [1.807, 2.05) is 12.1 Å². The van der Waals surface area contributed by atoms with E-state index in [-0.39, 0.29) is 17.5 Å². The highest BCUT2D eigenvalue weighted by atomic mass is 35.5. The van der Waals surface area contributed by atoms with Gasteiger partial charge in [0, 0.05) is 43.3 Å². The third kappa shape index (κ3) is 5.66. The summed E-state index contributed by atoms with van der Waals surface area (Å²) in [6, 6.07) is 11.0. The molecule has 2 aromatic rings. The SMILES string of the molecule is CCCCn1nc(C(=O)NC2CCN(Cc3ccc(Cl)cc3)CC2)ccc1=O. The van der Waals surface area contributed by atoms with E-state index in [4.69, 9.17) is 11.6 Å². The van der Waals surface area contributed by atoms with Gasteiger partial charge in [-0.25, -0.2) is 4.68 Å². The summed E-state index contributed by atoms with van der Waals surface area (Å²) < 4.78 is 1.38. The van der Waals surface area contributed by atoms with Crippen LogP contribution in [-0.4, -0.2) is 39.7 Å². The van der Waals surface area contributed by atoms with Gasteiger partial charge in [0.2, 0.25) is 0 Å². The molecular weight excluding hydrogens is 376 g/mol. The van der Waals surface area contributed by atoms with Crippen molar-refractivity contribution < 1.29 is 4.79 Å². The van der Waals surface area contributed by atoms with E-state index in [9.17, 15) is 9.59 Å². The molecule has 0 spiro atoms. The average molecular weight is 403 g/mol.